The molecule has 0 unspecified atom stereocenters. The van der Waals surface area contributed by atoms with Gasteiger partial charge in [-0.05, 0) is 30.4 Å². The molecule has 3 N–H and O–H groups in total. The van der Waals surface area contributed by atoms with Gasteiger partial charge < -0.3 is 15.2 Å². The van der Waals surface area contributed by atoms with Crippen molar-refractivity contribution in [3.05, 3.63) is 42.0 Å². The number of aliphatic hydroxyl groups is 1. The van der Waals surface area contributed by atoms with Crippen molar-refractivity contribution in [1.82, 2.24) is 20.5 Å². The molecule has 1 aliphatic rings. The summed E-state index contributed by atoms with van der Waals surface area (Å²) in [5.41, 5.74) is 1.34. The second-order valence-corrected chi connectivity index (χ2v) is 5.48. The number of methoxy groups -OCH3 is 1. The maximum absolute atomic E-state index is 12.3. The highest BCUT2D eigenvalue weighted by Gasteiger charge is 2.36. The SMILES string of the molecule is COc1cncc([C@@H](NC(=O)c2cn[nH]c2)C2CC(O)C2)c1. The van der Waals surface area contributed by atoms with E-state index in [-0.39, 0.29) is 24.0 Å². The van der Waals surface area contributed by atoms with Gasteiger partial charge in [-0.25, -0.2) is 0 Å². The van der Waals surface area contributed by atoms with Gasteiger partial charge in [0.1, 0.15) is 5.75 Å². The molecule has 0 radical (unpaired) electrons. The summed E-state index contributed by atoms with van der Waals surface area (Å²) < 4.78 is 5.20. The summed E-state index contributed by atoms with van der Waals surface area (Å²) in [5.74, 6) is 0.614. The molecule has 0 bridgehead atoms. The fraction of sp³-hybridized carbons (Fsp3) is 0.400. The number of pyridine rings is 1. The molecule has 0 saturated heterocycles. The van der Waals surface area contributed by atoms with Gasteiger partial charge in [0.05, 0.1) is 37.2 Å². The van der Waals surface area contributed by atoms with Crippen molar-refractivity contribution in [2.24, 2.45) is 5.92 Å². The molecule has 7 heteroatoms. The molecular weight excluding hydrogens is 284 g/mol. The van der Waals surface area contributed by atoms with E-state index in [0.29, 0.717) is 24.2 Å². The highest BCUT2D eigenvalue weighted by atomic mass is 16.5. The molecular formula is C15H18N4O3. The lowest BCUT2D eigenvalue weighted by Crippen LogP contribution is -2.41. The van der Waals surface area contributed by atoms with E-state index in [1.165, 1.54) is 6.20 Å². The van der Waals surface area contributed by atoms with Crippen LogP contribution in [0.3, 0.4) is 0 Å². The van der Waals surface area contributed by atoms with Gasteiger partial charge in [0, 0.05) is 12.4 Å². The highest BCUT2D eigenvalue weighted by molar-refractivity contribution is 5.93. The molecule has 22 heavy (non-hydrogen) atoms. The standard InChI is InChI=1S/C15H18N4O3/c1-22-13-4-10(5-16-8-13)14(9-2-12(20)3-9)19-15(21)11-6-17-18-7-11/h4-9,12,14,20H,2-3H2,1H3,(H,17,18)(H,19,21)/t9?,12?,14-/m0/s1. The van der Waals surface area contributed by atoms with E-state index in [0.717, 1.165) is 5.56 Å². The Bertz CT molecular complexity index is 638. The summed E-state index contributed by atoms with van der Waals surface area (Å²) in [6.45, 7) is 0. The Hall–Kier alpha value is -2.41. The molecule has 0 aliphatic heterocycles. The van der Waals surface area contributed by atoms with E-state index in [2.05, 4.69) is 20.5 Å². The molecule has 2 aromatic heterocycles. The van der Waals surface area contributed by atoms with Crippen LogP contribution in [0.1, 0.15) is 34.8 Å². The van der Waals surface area contributed by atoms with Crippen LogP contribution >= 0.6 is 0 Å². The molecule has 116 valence electrons. The molecule has 7 nitrogen and oxygen atoms in total. The van der Waals surface area contributed by atoms with Gasteiger partial charge in [-0.3, -0.25) is 14.9 Å². The van der Waals surface area contributed by atoms with Gasteiger partial charge in [0.2, 0.25) is 0 Å². The minimum Gasteiger partial charge on any atom is -0.495 e. The van der Waals surface area contributed by atoms with Gasteiger partial charge in [0.15, 0.2) is 0 Å². The number of rotatable bonds is 5. The van der Waals surface area contributed by atoms with Crippen LogP contribution < -0.4 is 10.1 Å². The topological polar surface area (TPSA) is 100 Å². The summed E-state index contributed by atoms with van der Waals surface area (Å²) in [7, 11) is 1.58. The zero-order valence-electron chi connectivity index (χ0n) is 12.2. The van der Waals surface area contributed by atoms with E-state index in [1.54, 1.807) is 25.7 Å². The average molecular weight is 302 g/mol. The van der Waals surface area contributed by atoms with Crippen LogP contribution in [0.2, 0.25) is 0 Å². The number of hydrogen-bond donors (Lipinski definition) is 3. The first kappa shape index (κ1) is 14.5. The Labute approximate surface area is 127 Å². The van der Waals surface area contributed by atoms with Gasteiger partial charge in [0.25, 0.3) is 5.91 Å². The zero-order chi connectivity index (χ0) is 15.5. The number of H-pyrrole nitrogens is 1. The Morgan fingerprint density at radius 3 is 2.91 bits per heavy atom. The maximum atomic E-state index is 12.3. The molecule has 1 amide bonds. The Morgan fingerprint density at radius 1 is 1.45 bits per heavy atom. The number of hydrogen-bond acceptors (Lipinski definition) is 5. The zero-order valence-corrected chi connectivity index (χ0v) is 12.2. The number of aromatic amines is 1. The van der Waals surface area contributed by atoms with Crippen LogP contribution in [0.15, 0.2) is 30.9 Å². The summed E-state index contributed by atoms with van der Waals surface area (Å²) in [4.78, 5) is 16.4. The van der Waals surface area contributed by atoms with Gasteiger partial charge in [-0.1, -0.05) is 0 Å². The van der Waals surface area contributed by atoms with Crippen molar-refractivity contribution >= 4 is 5.91 Å². The number of aromatic nitrogens is 3. The van der Waals surface area contributed by atoms with Crippen LogP contribution in [-0.2, 0) is 0 Å². The van der Waals surface area contributed by atoms with Crippen LogP contribution in [0.4, 0.5) is 0 Å². The fourth-order valence-electron chi connectivity index (χ4n) is 2.69. The predicted molar refractivity (Wildman–Crippen MR) is 78.3 cm³/mol. The quantitative estimate of drug-likeness (QED) is 0.766. The molecule has 1 saturated carbocycles. The molecule has 2 heterocycles. The number of carbonyl (C=O) groups excluding carboxylic acids is 1. The molecule has 0 spiro atoms. The maximum Gasteiger partial charge on any atom is 0.254 e. The normalized spacial score (nSPS) is 21.7. The van der Waals surface area contributed by atoms with Gasteiger partial charge >= 0.3 is 0 Å². The van der Waals surface area contributed by atoms with Crippen molar-refractivity contribution in [2.75, 3.05) is 7.11 Å². The number of nitrogens with zero attached hydrogens (tertiary/aromatic N) is 2. The van der Waals surface area contributed by atoms with Crippen LogP contribution in [0.25, 0.3) is 0 Å². The number of ether oxygens (including phenoxy) is 1. The van der Waals surface area contributed by atoms with E-state index < -0.39 is 0 Å². The molecule has 1 atom stereocenters. The van der Waals surface area contributed by atoms with Crippen molar-refractivity contribution in [2.45, 2.75) is 25.0 Å². The van der Waals surface area contributed by atoms with E-state index >= 15 is 0 Å². The Kier molecular flexibility index (Phi) is 4.06. The summed E-state index contributed by atoms with van der Waals surface area (Å²) in [5, 5.41) is 19.0. The van der Waals surface area contributed by atoms with Gasteiger partial charge in [-0.15, -0.1) is 0 Å². The number of amides is 1. The second-order valence-electron chi connectivity index (χ2n) is 5.48. The van der Waals surface area contributed by atoms with Crippen molar-refractivity contribution in [3.63, 3.8) is 0 Å². The van der Waals surface area contributed by atoms with Crippen LogP contribution in [-0.4, -0.2) is 39.4 Å². The minimum absolute atomic E-state index is 0.180. The molecule has 1 aliphatic carbocycles. The van der Waals surface area contributed by atoms with Crippen LogP contribution in [0, 0.1) is 5.92 Å². The first-order valence-electron chi connectivity index (χ1n) is 7.14. The third-order valence-electron chi connectivity index (χ3n) is 4.00. The first-order chi connectivity index (χ1) is 10.7. The smallest absolute Gasteiger partial charge is 0.254 e. The number of nitrogens with one attached hydrogen (secondary N) is 2. The van der Waals surface area contributed by atoms with Crippen molar-refractivity contribution < 1.29 is 14.6 Å². The number of aliphatic hydroxyl groups excluding tert-OH is 1. The summed E-state index contributed by atoms with van der Waals surface area (Å²) >= 11 is 0. The summed E-state index contributed by atoms with van der Waals surface area (Å²) in [6, 6.07) is 1.64. The molecule has 3 rings (SSSR count). The van der Waals surface area contributed by atoms with E-state index in [4.69, 9.17) is 4.74 Å². The fourth-order valence-corrected chi connectivity index (χ4v) is 2.69. The summed E-state index contributed by atoms with van der Waals surface area (Å²) in [6.07, 6.45) is 7.39. The Balaban J connectivity index is 1.82. The third kappa shape index (κ3) is 2.94. The second kappa shape index (κ2) is 6.15. The Morgan fingerprint density at radius 2 is 2.27 bits per heavy atom. The number of carbonyl (C=O) groups is 1. The van der Waals surface area contributed by atoms with E-state index in [1.807, 2.05) is 6.07 Å². The predicted octanol–water partition coefficient (Wildman–Crippen LogP) is 1.06. The lowest BCUT2D eigenvalue weighted by molar-refractivity contribution is 0.0234. The largest absolute Gasteiger partial charge is 0.495 e. The van der Waals surface area contributed by atoms with Gasteiger partial charge in [-0.2, -0.15) is 5.10 Å². The molecule has 1 fully saturated rings. The average Bonchev–Trinajstić information content (AvgIpc) is 3.04. The minimum atomic E-state index is -0.295. The lowest BCUT2D eigenvalue weighted by Gasteiger charge is -2.38. The third-order valence-corrected chi connectivity index (χ3v) is 4.00. The van der Waals surface area contributed by atoms with Crippen molar-refractivity contribution in [1.29, 1.82) is 0 Å². The van der Waals surface area contributed by atoms with Crippen molar-refractivity contribution in [3.8, 4) is 5.75 Å². The van der Waals surface area contributed by atoms with Crippen LogP contribution in [0.5, 0.6) is 5.75 Å². The lowest BCUT2D eigenvalue weighted by atomic mass is 9.75. The first-order valence-corrected chi connectivity index (χ1v) is 7.14. The molecule has 2 aromatic rings. The highest BCUT2D eigenvalue weighted by Crippen LogP contribution is 2.38. The monoisotopic (exact) mass is 302 g/mol. The van der Waals surface area contributed by atoms with E-state index in [9.17, 15) is 9.90 Å². The molecule has 0 aromatic carbocycles.